The number of hydrogen-bond donors (Lipinski definition) is 0. The first-order valence-corrected chi connectivity index (χ1v) is 3.85. The van der Waals surface area contributed by atoms with E-state index in [9.17, 15) is 0 Å². The van der Waals surface area contributed by atoms with E-state index in [-0.39, 0.29) is 44.2 Å². The quantitative estimate of drug-likeness (QED) is 0.471. The molecule has 0 bridgehead atoms. The number of terminal acetylenes is 1. The zero-order chi connectivity index (χ0) is 3.41. The summed E-state index contributed by atoms with van der Waals surface area (Å²) >= 11 is 0.267. The Balaban J connectivity index is 2.43. The summed E-state index contributed by atoms with van der Waals surface area (Å²) in [7, 11) is 0. The zero-order valence-electron chi connectivity index (χ0n) is 2.43. The Bertz CT molecular complexity index is 33.0. The molecule has 0 nitrogen and oxygen atoms in total. The second kappa shape index (κ2) is 4.13. The molecule has 0 saturated heterocycles. The first-order valence-electron chi connectivity index (χ1n) is 0.819. The normalized spacial score (nSPS) is 6.00. The van der Waals surface area contributed by atoms with Crippen LogP contribution < -0.4 is 0 Å². The third-order valence-corrected chi connectivity index (χ3v) is 0.685. The Morgan fingerprint density at radius 2 is 2.25 bits per heavy atom. The van der Waals surface area contributed by atoms with E-state index in [2.05, 4.69) is 0.388 Å². The van der Waals surface area contributed by atoms with Gasteiger partial charge in [0.2, 0.25) is 0 Å². The molecule has 0 aliphatic rings. The van der Waals surface area contributed by atoms with Gasteiger partial charge in [-0.15, -0.1) is 0 Å². The molecule has 0 spiro atoms. The molecule has 0 heterocycles. The van der Waals surface area contributed by atoms with Crippen LogP contribution in [0.1, 0.15) is 0 Å². The van der Waals surface area contributed by atoms with E-state index < -0.39 is 0 Å². The monoisotopic (exact) mass is 172 g/mol. The standard InChI is InChI=1S/C3H4Xe/c1-3-4-2/h1H,2H3. The van der Waals surface area contributed by atoms with Crippen molar-refractivity contribution in [2.24, 2.45) is 0 Å². The average molecular weight is 171 g/mol. The fraction of sp³-hybridized carbons (Fsp3) is 0.333. The molecule has 4 heavy (non-hydrogen) atoms. The van der Waals surface area contributed by atoms with Gasteiger partial charge in [0.25, 0.3) is 0 Å². The van der Waals surface area contributed by atoms with Gasteiger partial charge in [-0.1, -0.05) is 0 Å². The van der Waals surface area contributed by atoms with Gasteiger partial charge in [-0.2, -0.15) is 0 Å². The Labute approximate surface area is 51.3 Å². The molecule has 24 valence electrons. The third kappa shape index (κ3) is 3.13. The summed E-state index contributed by atoms with van der Waals surface area (Å²) < 4.78 is 4.56. The zero-order valence-corrected chi connectivity index (χ0v) is 4.45. The molecule has 0 aromatic carbocycles. The van der Waals surface area contributed by atoms with Crippen LogP contribution in [0.5, 0.6) is 0 Å². The first kappa shape index (κ1) is 5.13. The fourth-order valence-electron chi connectivity index (χ4n) is 0. The van der Waals surface area contributed by atoms with Gasteiger partial charge in [0.15, 0.2) is 0 Å². The SMILES string of the molecule is C#C[Xe]C. The van der Waals surface area contributed by atoms with Crippen molar-refractivity contribution in [1.82, 2.24) is 0 Å². The molecule has 0 aromatic heterocycles. The first-order chi connectivity index (χ1) is 1.91. The maximum absolute atomic E-state index is 4.82. The molecule has 0 fully saturated rings. The van der Waals surface area contributed by atoms with Gasteiger partial charge in [0, 0.05) is 0 Å². The number of rotatable bonds is 0. The molecule has 0 saturated carbocycles. The summed E-state index contributed by atoms with van der Waals surface area (Å²) in [5.74, 6) is 0. The van der Waals surface area contributed by atoms with Gasteiger partial charge in [0.05, 0.1) is 0 Å². The van der Waals surface area contributed by atoms with Crippen molar-refractivity contribution in [3.63, 3.8) is 0 Å². The van der Waals surface area contributed by atoms with Crippen molar-refractivity contribution in [2.75, 3.05) is 0 Å². The summed E-state index contributed by atoms with van der Waals surface area (Å²) in [6.45, 7) is 0. The van der Waals surface area contributed by atoms with E-state index in [1.54, 1.807) is 0 Å². The minimum atomic E-state index is 0.267. The van der Waals surface area contributed by atoms with Crippen LogP contribution in [-0.4, -0.2) is 0 Å². The van der Waals surface area contributed by atoms with Crippen LogP contribution in [0.25, 0.3) is 0 Å². The average Bonchev–Trinajstić information content (AvgIpc) is 1.37. The van der Waals surface area contributed by atoms with Crippen LogP contribution in [0.4, 0.5) is 0 Å². The Morgan fingerprint density at radius 1 is 2.00 bits per heavy atom. The Kier molecular flexibility index (Phi) is 5.30. The topological polar surface area (TPSA) is 0 Å². The molecule has 0 amide bonds. The summed E-state index contributed by atoms with van der Waals surface area (Å²) in [4.78, 5) is 0. The second-order valence-electron chi connectivity index (χ2n) is 0.279. The summed E-state index contributed by atoms with van der Waals surface area (Å²) in [6.07, 6.45) is 4.82. The molecule has 0 unspecified atom stereocenters. The van der Waals surface area contributed by atoms with Crippen molar-refractivity contribution in [3.8, 4) is 6.81 Å². The Morgan fingerprint density at radius 3 is 2.25 bits per heavy atom. The van der Waals surface area contributed by atoms with Crippen LogP contribution in [0.15, 0.2) is 0 Å². The second-order valence-corrected chi connectivity index (χ2v) is 1.87. The minimum absolute atomic E-state index is 0.267. The maximum atomic E-state index is 4.82. The fourth-order valence-corrected chi connectivity index (χ4v) is 0. The van der Waals surface area contributed by atoms with E-state index in [4.69, 9.17) is 6.42 Å². The van der Waals surface area contributed by atoms with Crippen LogP contribution in [0.2, 0.25) is 1.39 Å². The van der Waals surface area contributed by atoms with Crippen molar-refractivity contribution >= 4 is 0 Å². The van der Waals surface area contributed by atoms with Crippen LogP contribution >= 0.6 is 0 Å². The van der Waals surface area contributed by atoms with Crippen LogP contribution in [0.3, 0.4) is 0 Å². The van der Waals surface area contributed by atoms with Crippen molar-refractivity contribution < 1.29 is 44.2 Å². The van der Waals surface area contributed by atoms with Gasteiger partial charge >= 0.3 is 52.4 Å². The van der Waals surface area contributed by atoms with Gasteiger partial charge in [0.1, 0.15) is 0 Å². The summed E-state index contributed by atoms with van der Waals surface area (Å²) in [6, 6.07) is 0. The van der Waals surface area contributed by atoms with Crippen LogP contribution in [-0.2, 0) is 0 Å². The van der Waals surface area contributed by atoms with E-state index in [0.29, 0.717) is 0 Å². The van der Waals surface area contributed by atoms with Crippen molar-refractivity contribution in [2.45, 2.75) is 1.39 Å². The molecule has 0 radical (unpaired) electrons. The predicted molar refractivity (Wildman–Crippen MR) is 14.7 cm³/mol. The Hall–Kier alpha value is 1.13. The molecule has 0 aromatic rings. The molecule has 0 rings (SSSR count). The van der Waals surface area contributed by atoms with E-state index in [1.807, 2.05) is 1.39 Å². The van der Waals surface area contributed by atoms with E-state index in [1.165, 1.54) is 0 Å². The summed E-state index contributed by atoms with van der Waals surface area (Å²) in [5, 5.41) is 0. The van der Waals surface area contributed by atoms with Crippen molar-refractivity contribution in [1.29, 1.82) is 0 Å². The number of hydrogen-bond acceptors (Lipinski definition) is 0. The molecule has 1 heteroatoms. The molecule has 0 aliphatic heterocycles. The molecule has 0 N–H and O–H groups in total. The van der Waals surface area contributed by atoms with Gasteiger partial charge in [-0.25, -0.2) is 0 Å². The predicted octanol–water partition coefficient (Wildman–Crippen LogP) is 0.710. The molecular weight excluding hydrogens is 167 g/mol. The third-order valence-electron chi connectivity index (χ3n) is 0.102. The van der Waals surface area contributed by atoms with E-state index in [0.717, 1.165) is 0 Å². The molecular formula is C3H4Xe. The van der Waals surface area contributed by atoms with Crippen molar-refractivity contribution in [3.05, 3.63) is 0 Å². The summed E-state index contributed by atoms with van der Waals surface area (Å²) in [5.41, 5.74) is 0. The van der Waals surface area contributed by atoms with Gasteiger partial charge < -0.3 is 0 Å². The van der Waals surface area contributed by atoms with Gasteiger partial charge in [-0.05, 0) is 0 Å². The van der Waals surface area contributed by atoms with Crippen LogP contribution in [0, 0.1) is 51.0 Å². The van der Waals surface area contributed by atoms with E-state index >= 15 is 0 Å². The van der Waals surface area contributed by atoms with Gasteiger partial charge in [-0.3, -0.25) is 0 Å². The molecule has 0 atom stereocenters. The molecule has 0 aliphatic carbocycles.